The summed E-state index contributed by atoms with van der Waals surface area (Å²) in [6.07, 6.45) is 8.20. The standard InChI is InChI=1S/C15H22BrNO/c16-14-8-7-13(15(17)9-14)11-18-10-12-5-3-1-2-4-6-12/h7-9,12H,1-6,10-11,17H2. The minimum atomic E-state index is 0.635. The van der Waals surface area contributed by atoms with Gasteiger partial charge in [-0.2, -0.15) is 0 Å². The Labute approximate surface area is 118 Å². The van der Waals surface area contributed by atoms with Crippen LogP contribution in [0, 0.1) is 5.92 Å². The Morgan fingerprint density at radius 2 is 1.89 bits per heavy atom. The molecular formula is C15H22BrNO. The summed E-state index contributed by atoms with van der Waals surface area (Å²) in [4.78, 5) is 0. The molecule has 1 aromatic rings. The van der Waals surface area contributed by atoms with Gasteiger partial charge in [0.05, 0.1) is 6.61 Å². The summed E-state index contributed by atoms with van der Waals surface area (Å²) in [5, 5.41) is 0. The van der Waals surface area contributed by atoms with E-state index in [1.165, 1.54) is 38.5 Å². The second-order valence-corrected chi connectivity index (χ2v) is 6.13. The lowest BCUT2D eigenvalue weighted by Gasteiger charge is -2.14. The van der Waals surface area contributed by atoms with Gasteiger partial charge in [0.1, 0.15) is 0 Å². The van der Waals surface area contributed by atoms with Crippen LogP contribution in [0.5, 0.6) is 0 Å². The molecule has 0 aliphatic heterocycles. The highest BCUT2D eigenvalue weighted by molar-refractivity contribution is 9.10. The van der Waals surface area contributed by atoms with E-state index in [-0.39, 0.29) is 0 Å². The van der Waals surface area contributed by atoms with Crippen LogP contribution < -0.4 is 5.73 Å². The summed E-state index contributed by atoms with van der Waals surface area (Å²) in [6, 6.07) is 5.98. The Bertz CT molecular complexity index is 373. The van der Waals surface area contributed by atoms with E-state index in [9.17, 15) is 0 Å². The van der Waals surface area contributed by atoms with Crippen molar-refractivity contribution >= 4 is 21.6 Å². The van der Waals surface area contributed by atoms with Gasteiger partial charge in [-0.15, -0.1) is 0 Å². The highest BCUT2D eigenvalue weighted by Gasteiger charge is 2.12. The molecule has 0 heterocycles. The minimum absolute atomic E-state index is 0.635. The maximum atomic E-state index is 5.96. The molecule has 1 fully saturated rings. The van der Waals surface area contributed by atoms with Gasteiger partial charge in [0.25, 0.3) is 0 Å². The Morgan fingerprint density at radius 3 is 2.56 bits per heavy atom. The maximum absolute atomic E-state index is 5.96. The van der Waals surface area contributed by atoms with Crippen molar-refractivity contribution in [2.24, 2.45) is 5.92 Å². The molecule has 0 atom stereocenters. The maximum Gasteiger partial charge on any atom is 0.0737 e. The van der Waals surface area contributed by atoms with Crippen LogP contribution in [0.15, 0.2) is 22.7 Å². The van der Waals surface area contributed by atoms with Gasteiger partial charge in [-0.05, 0) is 30.9 Å². The lowest BCUT2D eigenvalue weighted by Crippen LogP contribution is -2.09. The van der Waals surface area contributed by atoms with Gasteiger partial charge in [-0.1, -0.05) is 47.7 Å². The van der Waals surface area contributed by atoms with Crippen molar-refractivity contribution in [3.05, 3.63) is 28.2 Å². The fourth-order valence-electron chi connectivity index (χ4n) is 2.56. The third-order valence-corrected chi connectivity index (χ3v) is 4.19. The molecule has 0 unspecified atom stereocenters. The number of hydrogen-bond acceptors (Lipinski definition) is 2. The van der Waals surface area contributed by atoms with Crippen molar-refractivity contribution < 1.29 is 4.74 Å². The van der Waals surface area contributed by atoms with Crippen molar-refractivity contribution in [3.8, 4) is 0 Å². The number of rotatable bonds is 4. The van der Waals surface area contributed by atoms with Crippen LogP contribution in [-0.2, 0) is 11.3 Å². The highest BCUT2D eigenvalue weighted by atomic mass is 79.9. The first-order chi connectivity index (χ1) is 8.75. The molecule has 1 aromatic carbocycles. The van der Waals surface area contributed by atoms with Crippen LogP contribution in [0.25, 0.3) is 0 Å². The largest absolute Gasteiger partial charge is 0.398 e. The van der Waals surface area contributed by atoms with Crippen LogP contribution in [0.4, 0.5) is 5.69 Å². The molecular weight excluding hydrogens is 290 g/mol. The fraction of sp³-hybridized carbons (Fsp3) is 0.600. The SMILES string of the molecule is Nc1cc(Br)ccc1COCC1CCCCCC1. The summed E-state index contributed by atoms with van der Waals surface area (Å²) in [5.41, 5.74) is 7.86. The van der Waals surface area contributed by atoms with Gasteiger partial charge >= 0.3 is 0 Å². The minimum Gasteiger partial charge on any atom is -0.398 e. The molecule has 0 spiro atoms. The summed E-state index contributed by atoms with van der Waals surface area (Å²) in [5.74, 6) is 0.754. The lowest BCUT2D eigenvalue weighted by atomic mass is 10.0. The number of hydrogen-bond donors (Lipinski definition) is 1. The third-order valence-electron chi connectivity index (χ3n) is 3.69. The van der Waals surface area contributed by atoms with Crippen LogP contribution in [-0.4, -0.2) is 6.61 Å². The summed E-state index contributed by atoms with van der Waals surface area (Å²) in [7, 11) is 0. The van der Waals surface area contributed by atoms with E-state index in [4.69, 9.17) is 10.5 Å². The number of halogens is 1. The molecule has 0 radical (unpaired) electrons. The first-order valence-corrected chi connectivity index (χ1v) is 7.66. The topological polar surface area (TPSA) is 35.2 Å². The predicted octanol–water partition coefficient (Wildman–Crippen LogP) is 4.52. The Morgan fingerprint density at radius 1 is 1.17 bits per heavy atom. The molecule has 3 heteroatoms. The number of nitrogens with two attached hydrogens (primary N) is 1. The molecule has 0 bridgehead atoms. The number of ether oxygens (including phenoxy) is 1. The molecule has 1 aliphatic carbocycles. The van der Waals surface area contributed by atoms with Crippen molar-refractivity contribution in [2.45, 2.75) is 45.1 Å². The Kier molecular flexibility index (Phi) is 5.51. The molecule has 0 amide bonds. The summed E-state index contributed by atoms with van der Waals surface area (Å²) < 4.78 is 6.86. The molecule has 100 valence electrons. The molecule has 0 aromatic heterocycles. The van der Waals surface area contributed by atoms with E-state index in [1.54, 1.807) is 0 Å². The van der Waals surface area contributed by atoms with E-state index in [1.807, 2.05) is 18.2 Å². The lowest BCUT2D eigenvalue weighted by molar-refractivity contribution is 0.0822. The van der Waals surface area contributed by atoms with Crippen LogP contribution in [0.2, 0.25) is 0 Å². The van der Waals surface area contributed by atoms with Gasteiger partial charge in [0, 0.05) is 22.3 Å². The van der Waals surface area contributed by atoms with Gasteiger partial charge in [0.2, 0.25) is 0 Å². The van der Waals surface area contributed by atoms with E-state index in [2.05, 4.69) is 15.9 Å². The molecule has 18 heavy (non-hydrogen) atoms. The highest BCUT2D eigenvalue weighted by Crippen LogP contribution is 2.24. The average molecular weight is 312 g/mol. The van der Waals surface area contributed by atoms with E-state index < -0.39 is 0 Å². The van der Waals surface area contributed by atoms with Crippen molar-refractivity contribution in [1.82, 2.24) is 0 Å². The third kappa shape index (κ3) is 4.29. The monoisotopic (exact) mass is 311 g/mol. The predicted molar refractivity (Wildman–Crippen MR) is 79.4 cm³/mol. The number of benzene rings is 1. The van der Waals surface area contributed by atoms with Crippen molar-refractivity contribution in [2.75, 3.05) is 12.3 Å². The van der Waals surface area contributed by atoms with Crippen LogP contribution >= 0.6 is 15.9 Å². The van der Waals surface area contributed by atoms with Gasteiger partial charge in [-0.3, -0.25) is 0 Å². The second-order valence-electron chi connectivity index (χ2n) is 5.22. The quantitative estimate of drug-likeness (QED) is 0.655. The number of nitrogen functional groups attached to an aromatic ring is 1. The fourth-order valence-corrected chi connectivity index (χ4v) is 2.94. The average Bonchev–Trinajstić information content (AvgIpc) is 2.60. The first-order valence-electron chi connectivity index (χ1n) is 6.87. The van der Waals surface area contributed by atoms with Gasteiger partial charge in [-0.25, -0.2) is 0 Å². The number of anilines is 1. The molecule has 1 aliphatic rings. The van der Waals surface area contributed by atoms with Crippen molar-refractivity contribution in [1.29, 1.82) is 0 Å². The zero-order chi connectivity index (χ0) is 12.8. The summed E-state index contributed by atoms with van der Waals surface area (Å²) >= 11 is 3.41. The van der Waals surface area contributed by atoms with E-state index in [0.717, 1.165) is 28.2 Å². The van der Waals surface area contributed by atoms with E-state index >= 15 is 0 Å². The second kappa shape index (κ2) is 7.15. The molecule has 2 N–H and O–H groups in total. The van der Waals surface area contributed by atoms with Crippen LogP contribution in [0.1, 0.15) is 44.1 Å². The first kappa shape index (κ1) is 13.9. The molecule has 0 saturated heterocycles. The molecule has 1 saturated carbocycles. The zero-order valence-corrected chi connectivity index (χ0v) is 12.4. The van der Waals surface area contributed by atoms with Gasteiger partial charge < -0.3 is 10.5 Å². The van der Waals surface area contributed by atoms with Crippen LogP contribution in [0.3, 0.4) is 0 Å². The van der Waals surface area contributed by atoms with Gasteiger partial charge in [0.15, 0.2) is 0 Å². The van der Waals surface area contributed by atoms with Crippen molar-refractivity contribution in [3.63, 3.8) is 0 Å². The molecule has 2 rings (SSSR count). The zero-order valence-electron chi connectivity index (χ0n) is 10.8. The Balaban J connectivity index is 1.77. The smallest absolute Gasteiger partial charge is 0.0737 e. The normalized spacial score (nSPS) is 17.6. The summed E-state index contributed by atoms with van der Waals surface area (Å²) in [6.45, 7) is 1.52. The molecule has 2 nitrogen and oxygen atoms in total. The van der Waals surface area contributed by atoms with E-state index in [0.29, 0.717) is 6.61 Å². The Hall–Kier alpha value is -0.540.